The predicted molar refractivity (Wildman–Crippen MR) is 89.7 cm³/mol. The van der Waals surface area contributed by atoms with Gasteiger partial charge in [-0.15, -0.1) is 0 Å². The maximum Gasteiger partial charge on any atom is 0.0775 e. The van der Waals surface area contributed by atoms with Gasteiger partial charge in [0.25, 0.3) is 0 Å². The van der Waals surface area contributed by atoms with Crippen LogP contribution in [0.25, 0.3) is 0 Å². The van der Waals surface area contributed by atoms with Crippen molar-refractivity contribution in [2.24, 2.45) is 11.3 Å². The Balaban J connectivity index is 2.47. The smallest absolute Gasteiger partial charge is 0.0775 e. The summed E-state index contributed by atoms with van der Waals surface area (Å²) in [7, 11) is -1.15. The van der Waals surface area contributed by atoms with Crippen LogP contribution >= 0.6 is 0 Å². The molecule has 1 atom stereocenters. The Hall–Kier alpha value is -0.603. The maximum atomic E-state index is 3.58. The fraction of sp³-hybridized carbons (Fsp3) is 0.647. The highest BCUT2D eigenvalue weighted by Crippen LogP contribution is 2.24. The van der Waals surface area contributed by atoms with Gasteiger partial charge in [0.1, 0.15) is 0 Å². The molecule has 2 heteroatoms. The molecule has 0 bridgehead atoms. The van der Waals surface area contributed by atoms with Crippen molar-refractivity contribution in [3.05, 3.63) is 29.8 Å². The topological polar surface area (TPSA) is 12.0 Å². The van der Waals surface area contributed by atoms with E-state index in [4.69, 9.17) is 0 Å². The summed E-state index contributed by atoms with van der Waals surface area (Å²) in [6.45, 7) is 18.5. The van der Waals surface area contributed by atoms with Crippen molar-refractivity contribution in [2.75, 3.05) is 6.54 Å². The second-order valence-electron chi connectivity index (χ2n) is 7.84. The monoisotopic (exact) mass is 277 g/mol. The first-order valence-corrected chi connectivity index (χ1v) is 10.9. The Labute approximate surface area is 120 Å². The summed E-state index contributed by atoms with van der Waals surface area (Å²) >= 11 is 0. The molecule has 1 rings (SSSR count). The van der Waals surface area contributed by atoms with Gasteiger partial charge in [0.05, 0.1) is 8.07 Å². The molecule has 0 aliphatic carbocycles. The zero-order valence-electron chi connectivity index (χ0n) is 13.8. The summed E-state index contributed by atoms with van der Waals surface area (Å²) < 4.78 is 0. The minimum atomic E-state index is -1.15. The fourth-order valence-electron chi connectivity index (χ4n) is 1.86. The molecule has 0 radical (unpaired) electrons. The van der Waals surface area contributed by atoms with E-state index < -0.39 is 8.07 Å². The lowest BCUT2D eigenvalue weighted by Crippen LogP contribution is -2.37. The molecule has 0 saturated heterocycles. The van der Waals surface area contributed by atoms with Crippen LogP contribution in [0.3, 0.4) is 0 Å². The van der Waals surface area contributed by atoms with Crippen LogP contribution in [0, 0.1) is 11.3 Å². The Morgan fingerprint density at radius 2 is 1.58 bits per heavy atom. The summed E-state index contributed by atoms with van der Waals surface area (Å²) in [5.74, 6) is 0.689. The molecular formula is C17H31NSi. The molecule has 19 heavy (non-hydrogen) atoms. The Morgan fingerprint density at radius 3 is 2.00 bits per heavy atom. The second-order valence-corrected chi connectivity index (χ2v) is 12.9. The molecular weight excluding hydrogens is 246 g/mol. The number of hydrogen-bond donors (Lipinski definition) is 1. The van der Waals surface area contributed by atoms with Crippen LogP contribution in [0.1, 0.15) is 33.3 Å². The summed E-state index contributed by atoms with van der Waals surface area (Å²) in [5.41, 5.74) is 1.78. The first-order valence-electron chi connectivity index (χ1n) is 7.41. The van der Waals surface area contributed by atoms with Crippen molar-refractivity contribution >= 4 is 13.3 Å². The molecule has 0 aliphatic rings. The minimum Gasteiger partial charge on any atom is -0.312 e. The summed E-state index contributed by atoms with van der Waals surface area (Å²) in [6, 6.07) is 9.19. The third-order valence-electron chi connectivity index (χ3n) is 4.08. The van der Waals surface area contributed by atoms with Crippen LogP contribution in [0.4, 0.5) is 0 Å². The van der Waals surface area contributed by atoms with Crippen molar-refractivity contribution in [3.63, 3.8) is 0 Å². The van der Waals surface area contributed by atoms with Gasteiger partial charge < -0.3 is 5.32 Å². The van der Waals surface area contributed by atoms with E-state index in [-0.39, 0.29) is 0 Å². The lowest BCUT2D eigenvalue weighted by molar-refractivity contribution is 0.252. The molecule has 108 valence electrons. The van der Waals surface area contributed by atoms with Crippen LogP contribution in [0.5, 0.6) is 0 Å². The molecule has 0 aliphatic heterocycles. The van der Waals surface area contributed by atoms with Crippen LogP contribution in [-0.4, -0.2) is 14.6 Å². The molecule has 1 aromatic rings. The Bertz CT molecular complexity index is 381. The van der Waals surface area contributed by atoms with E-state index in [0.29, 0.717) is 11.3 Å². The van der Waals surface area contributed by atoms with Gasteiger partial charge in [-0.1, -0.05) is 76.8 Å². The molecule has 1 aromatic carbocycles. The van der Waals surface area contributed by atoms with Crippen molar-refractivity contribution in [1.29, 1.82) is 0 Å². The fourth-order valence-corrected chi connectivity index (χ4v) is 3.03. The largest absolute Gasteiger partial charge is 0.312 e. The van der Waals surface area contributed by atoms with E-state index in [1.807, 2.05) is 0 Å². The van der Waals surface area contributed by atoms with Crippen molar-refractivity contribution in [1.82, 2.24) is 5.32 Å². The van der Waals surface area contributed by atoms with Gasteiger partial charge in [0, 0.05) is 6.54 Å². The van der Waals surface area contributed by atoms with Crippen LogP contribution in [0.2, 0.25) is 19.6 Å². The minimum absolute atomic E-state index is 0.384. The summed E-state index contributed by atoms with van der Waals surface area (Å²) in [5, 5.41) is 5.12. The standard InChI is InChI=1S/C17H31NSi/c1-14(17(2,3)4)12-18-13-15-8-10-16(11-9-15)19(5,6)7/h8-11,14,18H,12-13H2,1-7H3. The molecule has 0 aromatic heterocycles. The van der Waals surface area contributed by atoms with Gasteiger partial charge in [-0.3, -0.25) is 0 Å². The average molecular weight is 278 g/mol. The van der Waals surface area contributed by atoms with Crippen molar-refractivity contribution in [2.45, 2.75) is 53.9 Å². The lowest BCUT2D eigenvalue weighted by atomic mass is 9.82. The van der Waals surface area contributed by atoms with Gasteiger partial charge in [0.2, 0.25) is 0 Å². The van der Waals surface area contributed by atoms with E-state index in [9.17, 15) is 0 Å². The number of hydrogen-bond acceptors (Lipinski definition) is 1. The third-order valence-corrected chi connectivity index (χ3v) is 6.14. The quantitative estimate of drug-likeness (QED) is 0.802. The Kier molecular flexibility index (Phi) is 5.40. The van der Waals surface area contributed by atoms with Gasteiger partial charge in [-0.25, -0.2) is 0 Å². The Morgan fingerprint density at radius 1 is 1.05 bits per heavy atom. The van der Waals surface area contributed by atoms with E-state index in [2.05, 4.69) is 76.9 Å². The molecule has 0 saturated carbocycles. The summed E-state index contributed by atoms with van der Waals surface area (Å²) in [6.07, 6.45) is 0. The van der Waals surface area contributed by atoms with Crippen LogP contribution in [-0.2, 0) is 6.54 Å². The molecule has 0 fully saturated rings. The average Bonchev–Trinajstić information content (AvgIpc) is 2.27. The van der Waals surface area contributed by atoms with Gasteiger partial charge in [-0.2, -0.15) is 0 Å². The van der Waals surface area contributed by atoms with Gasteiger partial charge in [-0.05, 0) is 23.4 Å². The molecule has 1 N–H and O–H groups in total. The van der Waals surface area contributed by atoms with Gasteiger partial charge >= 0.3 is 0 Å². The van der Waals surface area contributed by atoms with E-state index in [1.165, 1.54) is 5.56 Å². The third kappa shape index (κ3) is 5.49. The van der Waals surface area contributed by atoms with E-state index in [0.717, 1.165) is 13.1 Å². The highest BCUT2D eigenvalue weighted by atomic mass is 28.3. The maximum absolute atomic E-state index is 3.58. The van der Waals surface area contributed by atoms with Gasteiger partial charge in [0.15, 0.2) is 0 Å². The van der Waals surface area contributed by atoms with E-state index in [1.54, 1.807) is 5.19 Å². The zero-order chi connectivity index (χ0) is 14.7. The molecule has 0 amide bonds. The first-order chi connectivity index (χ1) is 8.60. The molecule has 0 heterocycles. The zero-order valence-corrected chi connectivity index (χ0v) is 14.8. The highest BCUT2D eigenvalue weighted by molar-refractivity contribution is 6.88. The first kappa shape index (κ1) is 16.5. The number of nitrogens with one attached hydrogen (secondary N) is 1. The van der Waals surface area contributed by atoms with Crippen molar-refractivity contribution in [3.8, 4) is 0 Å². The molecule has 1 nitrogen and oxygen atoms in total. The highest BCUT2D eigenvalue weighted by Gasteiger charge is 2.19. The van der Waals surface area contributed by atoms with Crippen LogP contribution in [0.15, 0.2) is 24.3 Å². The number of benzene rings is 1. The van der Waals surface area contributed by atoms with Crippen molar-refractivity contribution < 1.29 is 0 Å². The molecule has 1 unspecified atom stereocenters. The normalized spacial score (nSPS) is 14.5. The van der Waals surface area contributed by atoms with Crippen LogP contribution < -0.4 is 10.5 Å². The van der Waals surface area contributed by atoms with E-state index >= 15 is 0 Å². The summed E-state index contributed by atoms with van der Waals surface area (Å²) in [4.78, 5) is 0. The molecule has 0 spiro atoms. The second kappa shape index (κ2) is 6.23. The predicted octanol–water partition coefficient (Wildman–Crippen LogP) is 4.00. The number of rotatable bonds is 5. The SMILES string of the molecule is CC(CNCc1ccc([Si](C)(C)C)cc1)C(C)(C)C. The lowest BCUT2D eigenvalue weighted by Gasteiger charge is -2.27.